The monoisotopic (exact) mass is 492 g/mol. The van der Waals surface area contributed by atoms with Crippen molar-refractivity contribution < 1.29 is 14.6 Å². The summed E-state index contributed by atoms with van der Waals surface area (Å²) in [6.45, 7) is 3.73. The fraction of sp³-hybridized carbons (Fsp3) is 0.100. The Morgan fingerprint density at radius 3 is 1.49 bits per heavy atom. The zero-order valence-electron chi connectivity index (χ0n) is 20.3. The van der Waals surface area contributed by atoms with E-state index in [1.807, 2.05) is 97.1 Å². The lowest BCUT2D eigenvalue weighted by atomic mass is 10.2. The summed E-state index contributed by atoms with van der Waals surface area (Å²) in [4.78, 5) is 12.7. The Balaban J connectivity index is 1.19. The van der Waals surface area contributed by atoms with Crippen molar-refractivity contribution in [2.24, 2.45) is 15.0 Å². The van der Waals surface area contributed by atoms with Crippen LogP contribution in [0.5, 0.6) is 11.5 Å². The predicted molar refractivity (Wildman–Crippen MR) is 151 cm³/mol. The number of hydrogen-bond acceptors (Lipinski definition) is 7. The molecule has 4 aromatic rings. The number of hydrogen-bond donors (Lipinski definition) is 2. The molecule has 4 rings (SSSR count). The van der Waals surface area contributed by atoms with Crippen LogP contribution in [0.4, 0.5) is 22.7 Å². The summed E-state index contributed by atoms with van der Waals surface area (Å²) in [5.41, 5.74) is 10.7. The van der Waals surface area contributed by atoms with E-state index in [0.29, 0.717) is 17.2 Å². The van der Waals surface area contributed by atoms with Crippen LogP contribution in [0.25, 0.3) is 0 Å². The zero-order chi connectivity index (χ0) is 25.9. The smallest absolute Gasteiger partial charge is 0.122 e. The molecule has 0 aliphatic carbocycles. The van der Waals surface area contributed by atoms with Gasteiger partial charge in [-0.3, -0.25) is 15.0 Å². The number of nitrogens with zero attached hydrogens (tertiary/aromatic N) is 3. The molecular formula is C30H28N4O3. The summed E-state index contributed by atoms with van der Waals surface area (Å²) < 4.78 is 11.4. The van der Waals surface area contributed by atoms with Gasteiger partial charge in [-0.05, 0) is 115 Å². The minimum atomic E-state index is -0.777. The number of nitrogen functional groups attached to an aromatic ring is 1. The van der Waals surface area contributed by atoms with Crippen LogP contribution in [0.2, 0.25) is 0 Å². The number of aliphatic hydroxyl groups excluding tert-OH is 1. The molecule has 0 aliphatic rings. The van der Waals surface area contributed by atoms with Crippen molar-refractivity contribution in [3.63, 3.8) is 0 Å². The summed E-state index contributed by atoms with van der Waals surface area (Å²) in [6, 6.07) is 29.8. The number of anilines is 1. The third-order valence-corrected chi connectivity index (χ3v) is 5.30. The van der Waals surface area contributed by atoms with Crippen LogP contribution in [0.15, 0.2) is 112 Å². The SMILES string of the molecule is C=Nc1ccc(N=Cc2ccc(OCC(O)COc3ccc(C=Nc4ccc(N)cc4)cc3)cc2)cc1. The first-order chi connectivity index (χ1) is 18.1. The largest absolute Gasteiger partial charge is 0.491 e. The Labute approximate surface area is 216 Å². The molecule has 7 heteroatoms. The van der Waals surface area contributed by atoms with Gasteiger partial charge in [0.15, 0.2) is 0 Å². The zero-order valence-corrected chi connectivity index (χ0v) is 20.3. The number of aliphatic hydroxyl groups is 1. The summed E-state index contributed by atoms with van der Waals surface area (Å²) in [5, 5.41) is 10.2. The highest BCUT2D eigenvalue weighted by Gasteiger charge is 2.07. The van der Waals surface area contributed by atoms with Gasteiger partial charge in [0.25, 0.3) is 0 Å². The van der Waals surface area contributed by atoms with Crippen molar-refractivity contribution in [3.8, 4) is 11.5 Å². The second-order valence-corrected chi connectivity index (χ2v) is 8.20. The van der Waals surface area contributed by atoms with Gasteiger partial charge in [0.1, 0.15) is 30.8 Å². The van der Waals surface area contributed by atoms with Crippen molar-refractivity contribution in [1.29, 1.82) is 0 Å². The highest BCUT2D eigenvalue weighted by molar-refractivity contribution is 5.82. The Kier molecular flexibility index (Phi) is 8.77. The predicted octanol–water partition coefficient (Wildman–Crippen LogP) is 5.92. The highest BCUT2D eigenvalue weighted by Crippen LogP contribution is 2.19. The van der Waals surface area contributed by atoms with Crippen molar-refractivity contribution in [3.05, 3.63) is 108 Å². The molecular weight excluding hydrogens is 464 g/mol. The van der Waals surface area contributed by atoms with E-state index in [4.69, 9.17) is 15.2 Å². The Morgan fingerprint density at radius 2 is 1.05 bits per heavy atom. The molecule has 186 valence electrons. The maximum Gasteiger partial charge on any atom is 0.122 e. The maximum absolute atomic E-state index is 10.2. The van der Waals surface area contributed by atoms with Crippen molar-refractivity contribution in [1.82, 2.24) is 0 Å². The van der Waals surface area contributed by atoms with Gasteiger partial charge in [0.2, 0.25) is 0 Å². The van der Waals surface area contributed by atoms with Crippen molar-refractivity contribution in [2.75, 3.05) is 18.9 Å². The van der Waals surface area contributed by atoms with Crippen LogP contribution in [0.1, 0.15) is 11.1 Å². The fourth-order valence-electron chi connectivity index (χ4n) is 3.24. The average Bonchev–Trinajstić information content (AvgIpc) is 2.95. The second kappa shape index (κ2) is 12.8. The van der Waals surface area contributed by atoms with E-state index in [1.165, 1.54) is 0 Å². The molecule has 0 aromatic heterocycles. The molecule has 0 spiro atoms. The fourth-order valence-corrected chi connectivity index (χ4v) is 3.24. The molecule has 0 aliphatic heterocycles. The van der Waals surface area contributed by atoms with Crippen LogP contribution in [0.3, 0.4) is 0 Å². The van der Waals surface area contributed by atoms with Crippen LogP contribution >= 0.6 is 0 Å². The van der Waals surface area contributed by atoms with Gasteiger partial charge in [-0.15, -0.1) is 0 Å². The van der Waals surface area contributed by atoms with Gasteiger partial charge < -0.3 is 20.3 Å². The summed E-state index contributed by atoms with van der Waals surface area (Å²) in [5.74, 6) is 1.31. The number of benzene rings is 4. The number of nitrogens with two attached hydrogens (primary N) is 1. The molecule has 0 radical (unpaired) electrons. The Hall–Kier alpha value is -4.75. The molecule has 37 heavy (non-hydrogen) atoms. The first-order valence-corrected chi connectivity index (χ1v) is 11.7. The van der Waals surface area contributed by atoms with Gasteiger partial charge in [0, 0.05) is 18.1 Å². The van der Waals surface area contributed by atoms with Gasteiger partial charge in [0.05, 0.1) is 17.1 Å². The van der Waals surface area contributed by atoms with E-state index in [2.05, 4.69) is 21.7 Å². The van der Waals surface area contributed by atoms with Crippen molar-refractivity contribution >= 4 is 41.9 Å². The van der Waals surface area contributed by atoms with Gasteiger partial charge in [-0.1, -0.05) is 0 Å². The third kappa shape index (κ3) is 8.16. The molecule has 1 atom stereocenters. The van der Waals surface area contributed by atoms with E-state index in [0.717, 1.165) is 28.2 Å². The molecule has 0 fully saturated rings. The van der Waals surface area contributed by atoms with E-state index in [-0.39, 0.29) is 13.2 Å². The Morgan fingerprint density at radius 1 is 0.649 bits per heavy atom. The lowest BCUT2D eigenvalue weighted by Gasteiger charge is -2.14. The van der Waals surface area contributed by atoms with E-state index in [1.54, 1.807) is 12.4 Å². The van der Waals surface area contributed by atoms with Crippen LogP contribution in [-0.4, -0.2) is 43.6 Å². The standard InChI is InChI=1S/C30H28N4O3/c1-32-25-10-12-27(13-11-25)34-19-23-4-16-30(17-5-23)37-21-28(35)20-36-29-14-2-22(3-15-29)18-33-26-8-6-24(31)7-9-26/h2-19,28,35H,1,20-21,31H2. The molecule has 1 unspecified atom stereocenters. The first kappa shape index (κ1) is 25.3. The van der Waals surface area contributed by atoms with Crippen LogP contribution in [0, 0.1) is 0 Å². The molecule has 0 heterocycles. The molecule has 0 amide bonds. The molecule has 7 nitrogen and oxygen atoms in total. The minimum absolute atomic E-state index is 0.115. The maximum atomic E-state index is 10.2. The quantitative estimate of drug-likeness (QED) is 0.200. The number of rotatable bonds is 11. The Bertz CT molecular complexity index is 1330. The summed E-state index contributed by atoms with van der Waals surface area (Å²) >= 11 is 0. The van der Waals surface area contributed by atoms with E-state index < -0.39 is 6.10 Å². The number of ether oxygens (including phenoxy) is 2. The molecule has 0 bridgehead atoms. The lowest BCUT2D eigenvalue weighted by molar-refractivity contribution is 0.0626. The highest BCUT2D eigenvalue weighted by atomic mass is 16.5. The van der Waals surface area contributed by atoms with Gasteiger partial charge in [-0.25, -0.2) is 0 Å². The average molecular weight is 493 g/mol. The summed E-state index contributed by atoms with van der Waals surface area (Å²) in [7, 11) is 0. The number of aliphatic imine (C=N–C) groups is 3. The van der Waals surface area contributed by atoms with Gasteiger partial charge >= 0.3 is 0 Å². The van der Waals surface area contributed by atoms with E-state index >= 15 is 0 Å². The molecule has 0 saturated carbocycles. The lowest BCUT2D eigenvalue weighted by Crippen LogP contribution is -2.25. The van der Waals surface area contributed by atoms with Crippen LogP contribution in [-0.2, 0) is 0 Å². The third-order valence-electron chi connectivity index (χ3n) is 5.30. The second-order valence-electron chi connectivity index (χ2n) is 8.20. The molecule has 4 aromatic carbocycles. The normalized spacial score (nSPS) is 12.0. The minimum Gasteiger partial charge on any atom is -0.491 e. The van der Waals surface area contributed by atoms with E-state index in [9.17, 15) is 5.11 Å². The topological polar surface area (TPSA) is 102 Å². The molecule has 3 N–H and O–H groups in total. The first-order valence-electron chi connectivity index (χ1n) is 11.7. The van der Waals surface area contributed by atoms with Gasteiger partial charge in [-0.2, -0.15) is 0 Å². The van der Waals surface area contributed by atoms with Crippen molar-refractivity contribution in [2.45, 2.75) is 6.10 Å². The van der Waals surface area contributed by atoms with Crippen LogP contribution < -0.4 is 15.2 Å². The summed E-state index contributed by atoms with van der Waals surface area (Å²) in [6.07, 6.45) is 2.77. The molecule has 0 saturated heterocycles.